The molecule has 112 valence electrons. The number of hydrogen-bond acceptors (Lipinski definition) is 4. The number of carbonyl (C=O) groups excluding carboxylic acids is 1. The maximum Gasteiger partial charge on any atom is 0.418 e. The van der Waals surface area contributed by atoms with Gasteiger partial charge in [0.15, 0.2) is 0 Å². The van der Waals surface area contributed by atoms with Crippen molar-refractivity contribution in [2.24, 2.45) is 0 Å². The van der Waals surface area contributed by atoms with Crippen molar-refractivity contribution in [3.8, 4) is 0 Å². The number of nitrogens with zero attached hydrogens (tertiary/aromatic N) is 1. The smallest absolute Gasteiger partial charge is 0.418 e. The summed E-state index contributed by atoms with van der Waals surface area (Å²) < 4.78 is 4.67. The van der Waals surface area contributed by atoms with Crippen molar-refractivity contribution in [2.75, 3.05) is 19.8 Å². The lowest BCUT2D eigenvalue weighted by Gasteiger charge is -2.25. The molecule has 5 nitrogen and oxygen atoms in total. The summed E-state index contributed by atoms with van der Waals surface area (Å²) in [6, 6.07) is 10.4. The fraction of sp³-hybridized carbons (Fsp3) is 0.375. The number of carboxylic acids is 1. The Kier molecular flexibility index (Phi) is 5.51. The van der Waals surface area contributed by atoms with Crippen LogP contribution in [-0.2, 0) is 20.7 Å². The fourth-order valence-electron chi connectivity index (χ4n) is 2.26. The topological polar surface area (TPSA) is 66.8 Å². The molecule has 21 heavy (non-hydrogen) atoms. The molecule has 0 fully saturated rings. The van der Waals surface area contributed by atoms with E-state index in [1.807, 2.05) is 23.1 Å². The van der Waals surface area contributed by atoms with Crippen LogP contribution in [0.1, 0.15) is 18.4 Å². The predicted molar refractivity (Wildman–Crippen MR) is 77.6 cm³/mol. The number of carboxylic acid groups (broad SMARTS) is 1. The molecule has 0 saturated heterocycles. The standard InChI is InChI=1S/C16H19NO4/c18-15(19)16(20)21-12-17-10-8-14(9-11-17)7-6-13-4-2-1-3-5-13/h1-5,8H,6-7,9-12H2,(H,18,19). The Hall–Kier alpha value is -2.14. The van der Waals surface area contributed by atoms with E-state index in [4.69, 9.17) is 5.11 Å². The molecule has 1 aliphatic heterocycles. The van der Waals surface area contributed by atoms with Crippen LogP contribution in [0.5, 0.6) is 0 Å². The Morgan fingerprint density at radius 3 is 2.57 bits per heavy atom. The summed E-state index contributed by atoms with van der Waals surface area (Å²) in [4.78, 5) is 23.1. The molecule has 1 heterocycles. The lowest BCUT2D eigenvalue weighted by atomic mass is 10.00. The van der Waals surface area contributed by atoms with E-state index in [1.165, 1.54) is 11.1 Å². The zero-order valence-electron chi connectivity index (χ0n) is 11.8. The van der Waals surface area contributed by atoms with Gasteiger partial charge in [-0.05, 0) is 24.8 Å². The predicted octanol–water partition coefficient (Wildman–Crippen LogP) is 1.84. The van der Waals surface area contributed by atoms with Crippen LogP contribution < -0.4 is 0 Å². The summed E-state index contributed by atoms with van der Waals surface area (Å²) >= 11 is 0. The van der Waals surface area contributed by atoms with E-state index >= 15 is 0 Å². The van der Waals surface area contributed by atoms with Crippen LogP contribution in [0.25, 0.3) is 0 Å². The van der Waals surface area contributed by atoms with E-state index in [0.29, 0.717) is 6.54 Å². The van der Waals surface area contributed by atoms with Crippen molar-refractivity contribution in [1.82, 2.24) is 4.90 Å². The second-order valence-corrected chi connectivity index (χ2v) is 5.04. The second kappa shape index (κ2) is 7.59. The van der Waals surface area contributed by atoms with Gasteiger partial charge in [-0.3, -0.25) is 4.90 Å². The average Bonchev–Trinajstić information content (AvgIpc) is 2.52. The van der Waals surface area contributed by atoms with Gasteiger partial charge in [-0.25, -0.2) is 9.59 Å². The minimum absolute atomic E-state index is 0.0353. The van der Waals surface area contributed by atoms with Gasteiger partial charge in [0.1, 0.15) is 6.73 Å². The van der Waals surface area contributed by atoms with Gasteiger partial charge in [0.25, 0.3) is 0 Å². The molecule has 0 unspecified atom stereocenters. The highest BCUT2D eigenvalue weighted by Gasteiger charge is 2.16. The third kappa shape index (κ3) is 5.04. The molecule has 0 aliphatic carbocycles. The van der Waals surface area contributed by atoms with Crippen LogP contribution >= 0.6 is 0 Å². The Labute approximate surface area is 123 Å². The highest BCUT2D eigenvalue weighted by Crippen LogP contribution is 2.17. The van der Waals surface area contributed by atoms with Crippen LogP contribution in [0.4, 0.5) is 0 Å². The lowest BCUT2D eigenvalue weighted by Crippen LogP contribution is -2.33. The highest BCUT2D eigenvalue weighted by molar-refractivity contribution is 6.28. The first-order valence-corrected chi connectivity index (χ1v) is 6.99. The number of hydrogen-bond donors (Lipinski definition) is 1. The summed E-state index contributed by atoms with van der Waals surface area (Å²) in [6.45, 7) is 1.51. The number of rotatable bonds is 5. The fourth-order valence-corrected chi connectivity index (χ4v) is 2.26. The Bertz CT molecular complexity index is 524. The third-order valence-electron chi connectivity index (χ3n) is 3.52. The maximum absolute atomic E-state index is 10.8. The van der Waals surface area contributed by atoms with Gasteiger partial charge in [-0.2, -0.15) is 0 Å². The normalized spacial score (nSPS) is 15.3. The molecule has 1 aromatic carbocycles. The molecule has 0 saturated carbocycles. The van der Waals surface area contributed by atoms with Crippen LogP contribution in [0.2, 0.25) is 0 Å². The molecule has 0 spiro atoms. The molecular weight excluding hydrogens is 270 g/mol. The largest absolute Gasteiger partial charge is 0.473 e. The molecule has 1 aromatic rings. The molecule has 0 amide bonds. The van der Waals surface area contributed by atoms with Crippen LogP contribution in [0, 0.1) is 0 Å². The number of carbonyl (C=O) groups is 2. The highest BCUT2D eigenvalue weighted by atomic mass is 16.6. The van der Waals surface area contributed by atoms with Gasteiger partial charge >= 0.3 is 11.9 Å². The summed E-state index contributed by atoms with van der Waals surface area (Å²) in [5.74, 6) is -2.75. The van der Waals surface area contributed by atoms with Crippen molar-refractivity contribution < 1.29 is 19.4 Å². The van der Waals surface area contributed by atoms with Gasteiger partial charge in [0.05, 0.1) is 0 Å². The first kappa shape index (κ1) is 15.3. The summed E-state index contributed by atoms with van der Waals surface area (Å²) in [5, 5.41) is 8.43. The molecule has 0 bridgehead atoms. The van der Waals surface area contributed by atoms with Crippen molar-refractivity contribution in [3.63, 3.8) is 0 Å². The van der Waals surface area contributed by atoms with E-state index < -0.39 is 11.9 Å². The molecule has 2 rings (SSSR count). The molecule has 0 aromatic heterocycles. The SMILES string of the molecule is O=C(O)C(=O)OCN1CC=C(CCc2ccccc2)CC1. The van der Waals surface area contributed by atoms with Gasteiger partial charge < -0.3 is 9.84 Å². The van der Waals surface area contributed by atoms with E-state index in [1.54, 1.807) is 0 Å². The Morgan fingerprint density at radius 2 is 1.95 bits per heavy atom. The van der Waals surface area contributed by atoms with E-state index in [2.05, 4.69) is 22.9 Å². The zero-order valence-corrected chi connectivity index (χ0v) is 11.8. The van der Waals surface area contributed by atoms with Crippen molar-refractivity contribution in [1.29, 1.82) is 0 Å². The van der Waals surface area contributed by atoms with E-state index in [9.17, 15) is 9.59 Å². The summed E-state index contributed by atoms with van der Waals surface area (Å²) in [5.41, 5.74) is 2.73. The van der Waals surface area contributed by atoms with Gasteiger partial charge in [-0.15, -0.1) is 0 Å². The summed E-state index contributed by atoms with van der Waals surface area (Å²) in [6.07, 6.45) is 5.13. The molecule has 1 aliphatic rings. The minimum atomic E-state index is -1.55. The number of esters is 1. The Morgan fingerprint density at radius 1 is 1.19 bits per heavy atom. The number of ether oxygens (including phenoxy) is 1. The van der Waals surface area contributed by atoms with E-state index in [-0.39, 0.29) is 6.73 Å². The van der Waals surface area contributed by atoms with Crippen molar-refractivity contribution >= 4 is 11.9 Å². The summed E-state index contributed by atoms with van der Waals surface area (Å²) in [7, 11) is 0. The first-order valence-electron chi connectivity index (χ1n) is 6.99. The third-order valence-corrected chi connectivity index (χ3v) is 3.52. The minimum Gasteiger partial charge on any atom is -0.473 e. The molecule has 1 N–H and O–H groups in total. The molecular formula is C16H19NO4. The van der Waals surface area contributed by atoms with Gasteiger partial charge in [0.2, 0.25) is 0 Å². The average molecular weight is 289 g/mol. The van der Waals surface area contributed by atoms with Crippen LogP contribution in [-0.4, -0.2) is 41.8 Å². The molecule has 5 heteroatoms. The zero-order chi connectivity index (χ0) is 15.1. The number of benzene rings is 1. The monoisotopic (exact) mass is 289 g/mol. The lowest BCUT2D eigenvalue weighted by molar-refractivity contribution is -0.166. The second-order valence-electron chi connectivity index (χ2n) is 5.04. The van der Waals surface area contributed by atoms with Crippen molar-refractivity contribution in [2.45, 2.75) is 19.3 Å². The van der Waals surface area contributed by atoms with E-state index in [0.717, 1.165) is 25.8 Å². The van der Waals surface area contributed by atoms with Crippen LogP contribution in [0.15, 0.2) is 42.0 Å². The number of aliphatic carboxylic acids is 1. The number of aryl methyl sites for hydroxylation is 1. The molecule has 0 atom stereocenters. The maximum atomic E-state index is 10.8. The van der Waals surface area contributed by atoms with Gasteiger partial charge in [-0.1, -0.05) is 42.0 Å². The van der Waals surface area contributed by atoms with Crippen molar-refractivity contribution in [3.05, 3.63) is 47.5 Å². The first-order chi connectivity index (χ1) is 10.1. The van der Waals surface area contributed by atoms with Crippen LogP contribution in [0.3, 0.4) is 0 Å². The van der Waals surface area contributed by atoms with Gasteiger partial charge in [0, 0.05) is 13.1 Å². The quantitative estimate of drug-likeness (QED) is 0.509. The molecule has 0 radical (unpaired) electrons. The Balaban J connectivity index is 1.72.